The summed E-state index contributed by atoms with van der Waals surface area (Å²) in [7, 11) is 0. The number of hydrogen-bond donors (Lipinski definition) is 2. The number of halogens is 8. The van der Waals surface area contributed by atoms with Crippen molar-refractivity contribution in [3.63, 3.8) is 0 Å². The first kappa shape index (κ1) is 25.5. The number of anilines is 1. The van der Waals surface area contributed by atoms with E-state index in [1.165, 1.54) is 0 Å². The number of nitrogens with zero attached hydrogens (tertiary/aromatic N) is 2. The number of benzene rings is 2. The fraction of sp³-hybridized carbons (Fsp3) is 0.105. The van der Waals surface area contributed by atoms with Gasteiger partial charge < -0.3 is 10.1 Å². The zero-order valence-corrected chi connectivity index (χ0v) is 18.5. The minimum Gasteiger partial charge on any atom is -0.446 e. The molecule has 0 spiro atoms. The molecule has 0 radical (unpaired) electrons. The molecule has 0 bridgehead atoms. The van der Waals surface area contributed by atoms with Crippen molar-refractivity contribution in [3.8, 4) is 5.75 Å². The van der Waals surface area contributed by atoms with Gasteiger partial charge in [0.1, 0.15) is 17.2 Å². The quantitative estimate of drug-likeness (QED) is 0.373. The lowest BCUT2D eigenvalue weighted by molar-refractivity contribution is -0.0874. The number of urea groups is 1. The third kappa shape index (κ3) is 5.88. The standard InChI is InChI=1S/C19H10Cl3F5N4O3/c20-10-4-9(29-17(33)30-16(32)14-12(23)2-1-3-13(14)24)5-11(21)15(10)34-18-28-6-8(7-31(18)22)19(25,26)27/h1-7,18H,(H2,29,30,32,33). The maximum atomic E-state index is 13.7. The number of imide groups is 1. The van der Waals surface area contributed by atoms with Crippen LogP contribution in [0.25, 0.3) is 0 Å². The number of ether oxygens (including phenoxy) is 1. The highest BCUT2D eigenvalue weighted by atomic mass is 35.5. The third-order valence-electron chi connectivity index (χ3n) is 4.04. The molecular formula is C19H10Cl3F5N4O3. The highest BCUT2D eigenvalue weighted by molar-refractivity contribution is 6.37. The lowest BCUT2D eigenvalue weighted by Gasteiger charge is -2.26. The van der Waals surface area contributed by atoms with E-state index >= 15 is 0 Å². The topological polar surface area (TPSA) is 83.0 Å². The number of allylic oxidation sites excluding steroid dienone is 1. The van der Waals surface area contributed by atoms with Crippen LogP contribution >= 0.6 is 35.0 Å². The minimum absolute atomic E-state index is 0.0595. The van der Waals surface area contributed by atoms with Crippen LogP contribution in [0.4, 0.5) is 32.4 Å². The second-order valence-electron chi connectivity index (χ2n) is 6.42. The van der Waals surface area contributed by atoms with E-state index in [1.807, 2.05) is 0 Å². The summed E-state index contributed by atoms with van der Waals surface area (Å²) in [6.07, 6.45) is -5.06. The van der Waals surface area contributed by atoms with Gasteiger partial charge >= 0.3 is 12.2 Å². The van der Waals surface area contributed by atoms with Gasteiger partial charge in [0.25, 0.3) is 12.3 Å². The van der Waals surface area contributed by atoms with Crippen LogP contribution in [0.2, 0.25) is 10.0 Å². The Kier molecular flexibility index (Phi) is 7.54. The van der Waals surface area contributed by atoms with E-state index < -0.39 is 47.2 Å². The molecule has 2 aromatic carbocycles. The van der Waals surface area contributed by atoms with E-state index in [0.717, 1.165) is 30.3 Å². The van der Waals surface area contributed by atoms with Gasteiger partial charge in [-0.2, -0.15) is 13.2 Å². The Morgan fingerprint density at radius 3 is 2.21 bits per heavy atom. The number of hydrogen-bond acceptors (Lipinski definition) is 5. The molecule has 34 heavy (non-hydrogen) atoms. The van der Waals surface area contributed by atoms with Crippen LogP contribution in [-0.4, -0.2) is 35.1 Å². The Morgan fingerprint density at radius 1 is 1.09 bits per heavy atom. The fourth-order valence-corrected chi connectivity index (χ4v) is 3.33. The second kappa shape index (κ2) is 10.0. The lowest BCUT2D eigenvalue weighted by atomic mass is 10.2. The van der Waals surface area contributed by atoms with Crippen molar-refractivity contribution in [2.24, 2.45) is 4.99 Å². The summed E-state index contributed by atoms with van der Waals surface area (Å²) in [5.41, 5.74) is -2.13. The highest BCUT2D eigenvalue weighted by Gasteiger charge is 2.36. The van der Waals surface area contributed by atoms with Crippen LogP contribution in [0.5, 0.6) is 5.75 Å². The van der Waals surface area contributed by atoms with Crippen LogP contribution < -0.4 is 15.4 Å². The molecule has 1 unspecified atom stereocenters. The first-order valence-electron chi connectivity index (χ1n) is 8.85. The number of carbonyl (C=O) groups is 2. The summed E-state index contributed by atoms with van der Waals surface area (Å²) in [6, 6.07) is 3.81. The smallest absolute Gasteiger partial charge is 0.419 e. The highest BCUT2D eigenvalue weighted by Crippen LogP contribution is 2.38. The van der Waals surface area contributed by atoms with Crippen molar-refractivity contribution < 1.29 is 36.3 Å². The van der Waals surface area contributed by atoms with E-state index in [1.54, 1.807) is 5.32 Å². The van der Waals surface area contributed by atoms with Crippen LogP contribution in [0, 0.1) is 11.6 Å². The van der Waals surface area contributed by atoms with Gasteiger partial charge in [-0.25, -0.2) is 23.0 Å². The number of alkyl halides is 3. The summed E-state index contributed by atoms with van der Waals surface area (Å²) >= 11 is 17.9. The monoisotopic (exact) mass is 542 g/mol. The summed E-state index contributed by atoms with van der Waals surface area (Å²) in [5.74, 6) is -3.91. The number of aliphatic imine (C=N–C) groups is 1. The fourth-order valence-electron chi connectivity index (χ4n) is 2.56. The van der Waals surface area contributed by atoms with Gasteiger partial charge in [0.15, 0.2) is 5.75 Å². The van der Waals surface area contributed by atoms with E-state index in [9.17, 15) is 31.5 Å². The van der Waals surface area contributed by atoms with Crippen LogP contribution in [0.3, 0.4) is 0 Å². The summed E-state index contributed by atoms with van der Waals surface area (Å²) in [6.45, 7) is 0. The van der Waals surface area contributed by atoms with Crippen LogP contribution in [0.15, 0.2) is 47.1 Å². The molecule has 0 saturated carbocycles. The number of nitrogens with one attached hydrogen (secondary N) is 2. The molecule has 15 heteroatoms. The van der Waals surface area contributed by atoms with E-state index in [4.69, 9.17) is 39.7 Å². The van der Waals surface area contributed by atoms with Gasteiger partial charge in [-0.3, -0.25) is 10.1 Å². The molecule has 2 N–H and O–H groups in total. The maximum Gasteiger partial charge on any atom is 0.419 e. The average molecular weight is 544 g/mol. The summed E-state index contributed by atoms with van der Waals surface area (Å²) < 4.78 is 71.4. The van der Waals surface area contributed by atoms with Gasteiger partial charge in [0, 0.05) is 29.9 Å². The van der Waals surface area contributed by atoms with Gasteiger partial charge in [-0.1, -0.05) is 29.3 Å². The Balaban J connectivity index is 1.69. The van der Waals surface area contributed by atoms with Crippen LogP contribution in [0.1, 0.15) is 10.4 Å². The van der Waals surface area contributed by atoms with Gasteiger partial charge in [-0.05, 0) is 24.3 Å². The van der Waals surface area contributed by atoms with E-state index in [-0.39, 0.29) is 21.5 Å². The largest absolute Gasteiger partial charge is 0.446 e. The predicted molar refractivity (Wildman–Crippen MR) is 114 cm³/mol. The van der Waals surface area contributed by atoms with Crippen molar-refractivity contribution in [2.75, 3.05) is 5.32 Å². The second-order valence-corrected chi connectivity index (χ2v) is 7.63. The van der Waals surface area contributed by atoms with E-state index in [0.29, 0.717) is 16.8 Å². The molecule has 1 atom stereocenters. The van der Waals surface area contributed by atoms with Crippen molar-refractivity contribution >= 4 is 58.8 Å². The molecule has 0 aromatic heterocycles. The van der Waals surface area contributed by atoms with Gasteiger partial charge in [0.2, 0.25) is 0 Å². The molecule has 1 aliphatic rings. The van der Waals surface area contributed by atoms with Crippen molar-refractivity contribution in [1.29, 1.82) is 0 Å². The minimum atomic E-state index is -4.68. The molecule has 0 aliphatic carbocycles. The van der Waals surface area contributed by atoms with Crippen molar-refractivity contribution in [1.82, 2.24) is 9.74 Å². The van der Waals surface area contributed by atoms with Crippen LogP contribution in [-0.2, 0) is 0 Å². The number of carbonyl (C=O) groups excluding carboxylic acids is 2. The zero-order valence-electron chi connectivity index (χ0n) is 16.3. The van der Waals surface area contributed by atoms with Crippen molar-refractivity contribution in [3.05, 3.63) is 69.3 Å². The first-order valence-corrected chi connectivity index (χ1v) is 9.94. The molecule has 1 aliphatic heterocycles. The third-order valence-corrected chi connectivity index (χ3v) is 4.86. The molecule has 7 nitrogen and oxygen atoms in total. The Morgan fingerprint density at radius 2 is 1.68 bits per heavy atom. The average Bonchev–Trinajstić information content (AvgIpc) is 2.70. The van der Waals surface area contributed by atoms with Crippen molar-refractivity contribution in [2.45, 2.75) is 12.5 Å². The Bertz CT molecular complexity index is 1160. The molecule has 0 saturated heterocycles. The number of rotatable bonds is 4. The molecule has 0 fully saturated rings. The molecule has 1 heterocycles. The zero-order chi connectivity index (χ0) is 25.2. The Hall–Kier alpha value is -3.09. The Labute approximate surface area is 202 Å². The predicted octanol–water partition coefficient (Wildman–Crippen LogP) is 5.88. The summed E-state index contributed by atoms with van der Waals surface area (Å²) in [4.78, 5) is 27.6. The maximum absolute atomic E-state index is 13.7. The van der Waals surface area contributed by atoms with Gasteiger partial charge in [0.05, 0.1) is 15.6 Å². The lowest BCUT2D eigenvalue weighted by Crippen LogP contribution is -2.35. The molecular weight excluding hydrogens is 534 g/mol. The molecule has 180 valence electrons. The first-order chi connectivity index (χ1) is 15.9. The van der Waals surface area contributed by atoms with Gasteiger partial charge in [-0.15, -0.1) is 0 Å². The normalized spacial score (nSPS) is 15.6. The SMILES string of the molecule is O=C(NC(=O)c1c(F)cccc1F)Nc1cc(Cl)c(OC2N=CC(C(F)(F)F)=CN2Cl)c(Cl)c1. The number of amides is 3. The molecule has 3 rings (SSSR count). The van der Waals surface area contributed by atoms with E-state index in [2.05, 4.69) is 10.3 Å². The molecule has 2 aromatic rings. The summed E-state index contributed by atoms with van der Waals surface area (Å²) in [5, 5.41) is 3.51. The molecule has 3 amide bonds.